The zero-order chi connectivity index (χ0) is 18.4. The van der Waals surface area contributed by atoms with Gasteiger partial charge in [0.25, 0.3) is 5.91 Å². The van der Waals surface area contributed by atoms with E-state index in [1.807, 2.05) is 41.2 Å². The predicted octanol–water partition coefficient (Wildman–Crippen LogP) is 2.52. The molecule has 1 atom stereocenters. The summed E-state index contributed by atoms with van der Waals surface area (Å²) >= 11 is 0. The van der Waals surface area contributed by atoms with Gasteiger partial charge in [0.1, 0.15) is 0 Å². The molecule has 2 aliphatic carbocycles. The maximum absolute atomic E-state index is 13.6. The number of benzene rings is 1. The molecule has 27 heavy (non-hydrogen) atoms. The molecule has 1 unspecified atom stereocenters. The second kappa shape index (κ2) is 6.53. The number of amides is 1. The number of nitrogens with one attached hydrogen (secondary N) is 1. The Morgan fingerprint density at radius 2 is 2.15 bits per heavy atom. The van der Waals surface area contributed by atoms with Crippen LogP contribution in [-0.2, 0) is 19.4 Å². The number of H-pyrrole nitrogens is 1. The number of aliphatic hydroxyl groups is 1. The van der Waals surface area contributed by atoms with E-state index < -0.39 is 0 Å². The molecular weight excluding hydrogens is 340 g/mol. The molecule has 140 valence electrons. The topological polar surface area (TPSA) is 74.2 Å². The number of fused-ring (bicyclic) bond motifs is 2. The minimum atomic E-state index is 0.0886. The molecule has 2 aromatic heterocycles. The molecule has 3 aromatic rings. The number of nitrogens with zero attached hydrogens (tertiary/aromatic N) is 3. The van der Waals surface area contributed by atoms with Gasteiger partial charge in [0.05, 0.1) is 12.8 Å². The molecule has 6 heteroatoms. The lowest BCUT2D eigenvalue weighted by atomic mass is 9.91. The summed E-state index contributed by atoms with van der Waals surface area (Å²) in [5, 5.41) is 17.5. The molecule has 2 heterocycles. The Morgan fingerprint density at radius 3 is 2.96 bits per heavy atom. The Hall–Kier alpha value is -2.60. The average molecular weight is 364 g/mol. The van der Waals surface area contributed by atoms with Crippen molar-refractivity contribution in [3.05, 3.63) is 53.5 Å². The summed E-state index contributed by atoms with van der Waals surface area (Å²) < 4.78 is 2.01. The van der Waals surface area contributed by atoms with Gasteiger partial charge < -0.3 is 14.6 Å². The first kappa shape index (κ1) is 16.6. The van der Waals surface area contributed by atoms with Crippen LogP contribution in [0.1, 0.15) is 40.9 Å². The van der Waals surface area contributed by atoms with Crippen molar-refractivity contribution in [2.24, 2.45) is 0 Å². The summed E-state index contributed by atoms with van der Waals surface area (Å²) in [4.78, 5) is 15.7. The largest absolute Gasteiger partial charge is 0.395 e. The van der Waals surface area contributed by atoms with Crippen LogP contribution in [0.15, 0.2) is 36.7 Å². The highest BCUT2D eigenvalue weighted by Crippen LogP contribution is 2.35. The van der Waals surface area contributed by atoms with Crippen molar-refractivity contribution in [3.63, 3.8) is 0 Å². The van der Waals surface area contributed by atoms with Gasteiger partial charge in [-0.05, 0) is 55.9 Å². The van der Waals surface area contributed by atoms with Crippen LogP contribution in [0.25, 0.3) is 10.9 Å². The van der Waals surface area contributed by atoms with Gasteiger partial charge in [-0.2, -0.15) is 5.10 Å². The van der Waals surface area contributed by atoms with Gasteiger partial charge in [0, 0.05) is 47.0 Å². The molecular formula is C21H24N4O2. The second-order valence-electron chi connectivity index (χ2n) is 7.69. The Morgan fingerprint density at radius 1 is 1.26 bits per heavy atom. The minimum Gasteiger partial charge on any atom is -0.395 e. The van der Waals surface area contributed by atoms with Crippen molar-refractivity contribution in [1.82, 2.24) is 19.7 Å². The third kappa shape index (κ3) is 2.84. The zero-order valence-corrected chi connectivity index (χ0v) is 15.3. The molecule has 0 bridgehead atoms. The van der Waals surface area contributed by atoms with Crippen LogP contribution in [0.4, 0.5) is 0 Å². The molecule has 0 saturated heterocycles. The lowest BCUT2D eigenvalue weighted by Gasteiger charge is -2.34. The fraction of sp³-hybridized carbons (Fsp3) is 0.429. The van der Waals surface area contributed by atoms with E-state index in [9.17, 15) is 9.90 Å². The van der Waals surface area contributed by atoms with Crippen LogP contribution < -0.4 is 0 Å². The van der Waals surface area contributed by atoms with Gasteiger partial charge in [0.2, 0.25) is 0 Å². The number of hydrogen-bond acceptors (Lipinski definition) is 3. The standard InChI is InChI=1S/C21H24N4O2/c26-11-10-24-9-8-17-18(2-1-3-20(17)24)21(27)25(15-4-5-15)16-6-7-19-14(12-16)13-22-23-19/h1-3,8-9,13,15-16,26H,4-7,10-12H2,(H,22,23). The molecule has 6 nitrogen and oxygen atoms in total. The maximum Gasteiger partial charge on any atom is 0.255 e. The predicted molar refractivity (Wildman–Crippen MR) is 103 cm³/mol. The third-order valence-corrected chi connectivity index (χ3v) is 5.94. The number of aryl methyl sites for hydroxylation is 1. The summed E-state index contributed by atoms with van der Waals surface area (Å²) in [7, 11) is 0. The Bertz CT molecular complexity index is 985. The van der Waals surface area contributed by atoms with Crippen molar-refractivity contribution >= 4 is 16.8 Å². The van der Waals surface area contributed by atoms with E-state index in [1.54, 1.807) is 0 Å². The Kier molecular flexibility index (Phi) is 4.01. The zero-order valence-electron chi connectivity index (χ0n) is 15.3. The normalized spacial score (nSPS) is 19.2. The monoisotopic (exact) mass is 364 g/mol. The fourth-order valence-electron chi connectivity index (χ4n) is 4.47. The molecule has 1 saturated carbocycles. The van der Waals surface area contributed by atoms with E-state index in [0.717, 1.165) is 48.6 Å². The molecule has 0 spiro atoms. The Labute approximate surface area is 157 Å². The van der Waals surface area contributed by atoms with Crippen molar-refractivity contribution in [2.45, 2.75) is 50.7 Å². The van der Waals surface area contributed by atoms with Crippen molar-refractivity contribution in [3.8, 4) is 0 Å². The van der Waals surface area contributed by atoms with Crippen LogP contribution in [0.2, 0.25) is 0 Å². The van der Waals surface area contributed by atoms with Gasteiger partial charge in [-0.3, -0.25) is 9.89 Å². The number of rotatable bonds is 5. The first-order valence-electron chi connectivity index (χ1n) is 9.78. The highest BCUT2D eigenvalue weighted by atomic mass is 16.3. The van der Waals surface area contributed by atoms with Crippen LogP contribution >= 0.6 is 0 Å². The molecule has 2 aliphatic rings. The van der Waals surface area contributed by atoms with E-state index in [4.69, 9.17) is 0 Å². The summed E-state index contributed by atoms with van der Waals surface area (Å²) in [6.45, 7) is 0.630. The summed E-state index contributed by atoms with van der Waals surface area (Å²) in [6.07, 6.45) is 8.89. The minimum absolute atomic E-state index is 0.0886. The number of carbonyl (C=O) groups excluding carboxylic acids is 1. The molecule has 1 amide bonds. The molecule has 5 rings (SSSR count). The van der Waals surface area contributed by atoms with E-state index in [-0.39, 0.29) is 18.6 Å². The summed E-state index contributed by atoms with van der Waals surface area (Å²) in [6, 6.07) is 8.51. The van der Waals surface area contributed by atoms with Crippen LogP contribution in [0.3, 0.4) is 0 Å². The highest BCUT2D eigenvalue weighted by Gasteiger charge is 2.39. The number of aromatic nitrogens is 3. The van der Waals surface area contributed by atoms with Crippen LogP contribution in [0, 0.1) is 0 Å². The highest BCUT2D eigenvalue weighted by molar-refractivity contribution is 6.07. The smallest absolute Gasteiger partial charge is 0.255 e. The maximum atomic E-state index is 13.6. The van der Waals surface area contributed by atoms with Gasteiger partial charge in [0.15, 0.2) is 0 Å². The second-order valence-corrected chi connectivity index (χ2v) is 7.69. The van der Waals surface area contributed by atoms with Crippen molar-refractivity contribution in [2.75, 3.05) is 6.61 Å². The molecule has 0 aliphatic heterocycles. The summed E-state index contributed by atoms with van der Waals surface area (Å²) in [5.41, 5.74) is 4.25. The van der Waals surface area contributed by atoms with Gasteiger partial charge in [-0.15, -0.1) is 0 Å². The quantitative estimate of drug-likeness (QED) is 0.731. The average Bonchev–Trinajstić information content (AvgIpc) is 3.25. The van der Waals surface area contributed by atoms with Crippen LogP contribution in [0.5, 0.6) is 0 Å². The van der Waals surface area contributed by atoms with Gasteiger partial charge in [-0.25, -0.2) is 0 Å². The Balaban J connectivity index is 1.49. The first-order valence-corrected chi connectivity index (χ1v) is 9.78. The number of aliphatic hydroxyl groups excluding tert-OH is 1. The SMILES string of the molecule is O=C(c1cccc2c1ccn2CCO)N(C1CC1)C1CCc2[nH]ncc2C1. The molecule has 1 fully saturated rings. The third-order valence-electron chi connectivity index (χ3n) is 5.94. The van der Waals surface area contributed by atoms with E-state index in [0.29, 0.717) is 12.6 Å². The number of aromatic amines is 1. The van der Waals surface area contributed by atoms with E-state index >= 15 is 0 Å². The molecule has 1 aromatic carbocycles. The van der Waals surface area contributed by atoms with Crippen LogP contribution in [-0.4, -0.2) is 49.4 Å². The van der Waals surface area contributed by atoms with Crippen molar-refractivity contribution < 1.29 is 9.90 Å². The van der Waals surface area contributed by atoms with Gasteiger partial charge in [-0.1, -0.05) is 6.07 Å². The number of hydrogen-bond donors (Lipinski definition) is 2. The molecule has 0 radical (unpaired) electrons. The summed E-state index contributed by atoms with van der Waals surface area (Å²) in [5.74, 6) is 0.141. The number of carbonyl (C=O) groups is 1. The lowest BCUT2D eigenvalue weighted by Crippen LogP contribution is -2.44. The van der Waals surface area contributed by atoms with Crippen molar-refractivity contribution in [1.29, 1.82) is 0 Å². The molecule has 2 N–H and O–H groups in total. The van der Waals surface area contributed by atoms with E-state index in [2.05, 4.69) is 15.1 Å². The van der Waals surface area contributed by atoms with E-state index in [1.165, 1.54) is 11.3 Å². The van der Waals surface area contributed by atoms with Gasteiger partial charge >= 0.3 is 0 Å². The first-order chi connectivity index (χ1) is 13.3. The lowest BCUT2D eigenvalue weighted by molar-refractivity contribution is 0.0645. The fourth-order valence-corrected chi connectivity index (χ4v) is 4.47.